The number of amides is 3. The number of benzene rings is 1. The molecule has 0 radical (unpaired) electrons. The van der Waals surface area contributed by atoms with Crippen molar-refractivity contribution in [2.75, 3.05) is 31.5 Å². The molecule has 1 heterocycles. The minimum absolute atomic E-state index is 0.00770. The molecule has 0 unspecified atom stereocenters. The number of piperazine rings is 1. The quantitative estimate of drug-likeness (QED) is 0.785. The number of carbonyl (C=O) groups is 3. The average Bonchev–Trinajstić information content (AvgIpc) is 2.50. The third-order valence-electron chi connectivity index (χ3n) is 3.97. The number of hydrogen-bond donors (Lipinski definition) is 1. The van der Waals surface area contributed by atoms with Gasteiger partial charge in [0, 0.05) is 38.8 Å². The molecule has 0 aromatic heterocycles. The van der Waals surface area contributed by atoms with Crippen molar-refractivity contribution in [1.82, 2.24) is 9.80 Å². The monoisotopic (exact) mass is 303 g/mol. The highest BCUT2D eigenvalue weighted by atomic mass is 16.2. The summed E-state index contributed by atoms with van der Waals surface area (Å²) in [4.78, 5) is 38.6. The Morgan fingerprint density at radius 1 is 0.955 bits per heavy atom. The molecule has 1 fully saturated rings. The molecule has 1 aromatic rings. The van der Waals surface area contributed by atoms with Gasteiger partial charge in [0.05, 0.1) is 0 Å². The number of rotatable bonds is 1. The number of nitrogens with zero attached hydrogens (tertiary/aromatic N) is 2. The lowest BCUT2D eigenvalue weighted by molar-refractivity contribution is -0.145. The minimum Gasteiger partial charge on any atom is -0.339 e. The van der Waals surface area contributed by atoms with Gasteiger partial charge in [0.1, 0.15) is 0 Å². The SMILES string of the molecule is CC(=O)N1CCN(C(=O)C(=O)Nc2ccc(C)c(C)c2)CC1. The van der Waals surface area contributed by atoms with E-state index in [4.69, 9.17) is 0 Å². The summed E-state index contributed by atoms with van der Waals surface area (Å²) in [7, 11) is 0. The Labute approximate surface area is 130 Å². The third-order valence-corrected chi connectivity index (χ3v) is 3.97. The van der Waals surface area contributed by atoms with E-state index < -0.39 is 11.8 Å². The van der Waals surface area contributed by atoms with Crippen molar-refractivity contribution in [3.05, 3.63) is 29.3 Å². The fourth-order valence-corrected chi connectivity index (χ4v) is 2.37. The highest BCUT2D eigenvalue weighted by Crippen LogP contribution is 2.14. The molecule has 2 rings (SSSR count). The van der Waals surface area contributed by atoms with Crippen LogP contribution in [0.15, 0.2) is 18.2 Å². The third kappa shape index (κ3) is 3.63. The zero-order chi connectivity index (χ0) is 16.3. The lowest BCUT2D eigenvalue weighted by atomic mass is 10.1. The molecule has 118 valence electrons. The van der Waals surface area contributed by atoms with Gasteiger partial charge in [0.15, 0.2) is 0 Å². The van der Waals surface area contributed by atoms with E-state index in [2.05, 4.69) is 5.32 Å². The number of anilines is 1. The van der Waals surface area contributed by atoms with Crippen LogP contribution in [0.25, 0.3) is 0 Å². The van der Waals surface area contributed by atoms with Crippen LogP contribution in [0.3, 0.4) is 0 Å². The van der Waals surface area contributed by atoms with Gasteiger partial charge in [0.2, 0.25) is 5.91 Å². The van der Waals surface area contributed by atoms with E-state index in [0.717, 1.165) is 11.1 Å². The van der Waals surface area contributed by atoms with Crippen LogP contribution in [-0.4, -0.2) is 53.7 Å². The summed E-state index contributed by atoms with van der Waals surface area (Å²) in [6.45, 7) is 7.16. The maximum absolute atomic E-state index is 12.1. The van der Waals surface area contributed by atoms with Gasteiger partial charge in [-0.15, -0.1) is 0 Å². The van der Waals surface area contributed by atoms with Crippen molar-refractivity contribution in [2.24, 2.45) is 0 Å². The molecule has 3 amide bonds. The Morgan fingerprint density at radius 2 is 1.55 bits per heavy atom. The molecular weight excluding hydrogens is 282 g/mol. The van der Waals surface area contributed by atoms with E-state index in [0.29, 0.717) is 31.9 Å². The van der Waals surface area contributed by atoms with Gasteiger partial charge in [-0.3, -0.25) is 14.4 Å². The predicted molar refractivity (Wildman–Crippen MR) is 83.4 cm³/mol. The highest BCUT2D eigenvalue weighted by Gasteiger charge is 2.26. The molecule has 0 aliphatic carbocycles. The second kappa shape index (κ2) is 6.60. The molecule has 22 heavy (non-hydrogen) atoms. The topological polar surface area (TPSA) is 69.7 Å². The first-order valence-electron chi connectivity index (χ1n) is 7.31. The van der Waals surface area contributed by atoms with E-state index >= 15 is 0 Å². The van der Waals surface area contributed by atoms with Crippen LogP contribution in [0.2, 0.25) is 0 Å². The summed E-state index contributed by atoms with van der Waals surface area (Å²) in [5, 5.41) is 2.63. The molecule has 0 spiro atoms. The molecule has 1 saturated heterocycles. The maximum Gasteiger partial charge on any atom is 0.313 e. The molecule has 0 bridgehead atoms. The summed E-state index contributed by atoms with van der Waals surface area (Å²) in [5.74, 6) is -1.20. The van der Waals surface area contributed by atoms with Gasteiger partial charge in [-0.1, -0.05) is 6.07 Å². The molecular formula is C16H21N3O3. The van der Waals surface area contributed by atoms with Crippen molar-refractivity contribution in [3.63, 3.8) is 0 Å². The van der Waals surface area contributed by atoms with Crippen LogP contribution in [0.1, 0.15) is 18.1 Å². The second-order valence-electron chi connectivity index (χ2n) is 5.55. The van der Waals surface area contributed by atoms with E-state index in [1.54, 1.807) is 11.0 Å². The molecule has 1 aliphatic heterocycles. The summed E-state index contributed by atoms with van der Waals surface area (Å²) < 4.78 is 0. The Balaban J connectivity index is 1.94. The Bertz CT molecular complexity index is 605. The van der Waals surface area contributed by atoms with Crippen molar-refractivity contribution < 1.29 is 14.4 Å². The van der Waals surface area contributed by atoms with E-state index in [1.807, 2.05) is 26.0 Å². The molecule has 6 nitrogen and oxygen atoms in total. The van der Waals surface area contributed by atoms with Gasteiger partial charge in [0.25, 0.3) is 0 Å². The van der Waals surface area contributed by atoms with Crippen molar-refractivity contribution in [3.8, 4) is 0 Å². The van der Waals surface area contributed by atoms with Crippen LogP contribution >= 0.6 is 0 Å². The van der Waals surface area contributed by atoms with Crippen LogP contribution in [-0.2, 0) is 14.4 Å². The molecule has 6 heteroatoms. The maximum atomic E-state index is 12.1. The van der Waals surface area contributed by atoms with Crippen molar-refractivity contribution >= 4 is 23.4 Å². The summed E-state index contributed by atoms with van der Waals surface area (Å²) in [6.07, 6.45) is 0. The lowest BCUT2D eigenvalue weighted by Crippen LogP contribution is -2.52. The number of hydrogen-bond acceptors (Lipinski definition) is 3. The smallest absolute Gasteiger partial charge is 0.313 e. The van der Waals surface area contributed by atoms with E-state index in [-0.39, 0.29) is 5.91 Å². The Kier molecular flexibility index (Phi) is 4.80. The van der Waals surface area contributed by atoms with Crippen LogP contribution in [0.4, 0.5) is 5.69 Å². The van der Waals surface area contributed by atoms with Gasteiger partial charge in [-0.25, -0.2) is 0 Å². The molecule has 0 atom stereocenters. The number of nitrogens with one attached hydrogen (secondary N) is 1. The first kappa shape index (κ1) is 16.0. The van der Waals surface area contributed by atoms with Crippen LogP contribution in [0.5, 0.6) is 0 Å². The van der Waals surface area contributed by atoms with Gasteiger partial charge in [-0.05, 0) is 37.1 Å². The molecule has 1 aliphatic rings. The highest BCUT2D eigenvalue weighted by molar-refractivity contribution is 6.39. The van der Waals surface area contributed by atoms with E-state index in [1.165, 1.54) is 11.8 Å². The fraction of sp³-hybridized carbons (Fsp3) is 0.438. The normalized spacial score (nSPS) is 14.7. The second-order valence-corrected chi connectivity index (χ2v) is 5.55. The Hall–Kier alpha value is -2.37. The Morgan fingerprint density at radius 3 is 2.09 bits per heavy atom. The minimum atomic E-state index is -0.639. The average molecular weight is 303 g/mol. The number of carbonyl (C=O) groups excluding carboxylic acids is 3. The van der Waals surface area contributed by atoms with Gasteiger partial charge < -0.3 is 15.1 Å². The molecule has 1 N–H and O–H groups in total. The standard InChI is InChI=1S/C16H21N3O3/c1-11-4-5-14(10-12(11)2)17-15(21)16(22)19-8-6-18(7-9-19)13(3)20/h4-5,10H,6-9H2,1-3H3,(H,17,21). The summed E-state index contributed by atoms with van der Waals surface area (Å²) in [6, 6.07) is 5.52. The predicted octanol–water partition coefficient (Wildman–Crippen LogP) is 0.933. The van der Waals surface area contributed by atoms with Gasteiger partial charge >= 0.3 is 11.8 Å². The fourth-order valence-electron chi connectivity index (χ4n) is 2.37. The molecule has 0 saturated carbocycles. The lowest BCUT2D eigenvalue weighted by Gasteiger charge is -2.33. The summed E-state index contributed by atoms with van der Waals surface area (Å²) >= 11 is 0. The van der Waals surface area contributed by atoms with Crippen molar-refractivity contribution in [2.45, 2.75) is 20.8 Å². The van der Waals surface area contributed by atoms with Crippen LogP contribution < -0.4 is 5.32 Å². The van der Waals surface area contributed by atoms with Crippen LogP contribution in [0, 0.1) is 13.8 Å². The first-order valence-corrected chi connectivity index (χ1v) is 7.31. The van der Waals surface area contributed by atoms with Gasteiger partial charge in [-0.2, -0.15) is 0 Å². The first-order chi connectivity index (χ1) is 10.4. The largest absolute Gasteiger partial charge is 0.339 e. The van der Waals surface area contributed by atoms with Crippen molar-refractivity contribution in [1.29, 1.82) is 0 Å². The molecule has 1 aromatic carbocycles. The number of aryl methyl sites for hydroxylation is 2. The zero-order valence-electron chi connectivity index (χ0n) is 13.2. The van der Waals surface area contributed by atoms with E-state index in [9.17, 15) is 14.4 Å². The zero-order valence-corrected chi connectivity index (χ0v) is 13.2. The summed E-state index contributed by atoms with van der Waals surface area (Å²) in [5.41, 5.74) is 2.80.